The van der Waals surface area contributed by atoms with Gasteiger partial charge in [0.2, 0.25) is 0 Å². The Kier molecular flexibility index (Phi) is 4.99. The van der Waals surface area contributed by atoms with Crippen molar-refractivity contribution in [1.82, 2.24) is 4.98 Å². The predicted molar refractivity (Wildman–Crippen MR) is 95.6 cm³/mol. The van der Waals surface area contributed by atoms with E-state index in [2.05, 4.69) is 45.2 Å². The number of hydrogen-bond acceptors (Lipinski definition) is 2. The van der Waals surface area contributed by atoms with Crippen molar-refractivity contribution in [2.24, 2.45) is 0 Å². The molecule has 0 aliphatic heterocycles. The lowest BCUT2D eigenvalue weighted by Gasteiger charge is -2.18. The molecule has 3 rings (SSSR count). The first-order valence-electron chi connectivity index (χ1n) is 7.47. The second kappa shape index (κ2) is 7.34. The summed E-state index contributed by atoms with van der Waals surface area (Å²) in [5.74, 6) is 0.163. The molecule has 0 aliphatic rings. The van der Waals surface area contributed by atoms with Crippen LogP contribution in [0, 0.1) is 0 Å². The molecule has 1 heterocycles. The minimum atomic E-state index is 0.0364. The standard InChI is InChI=1S/C20H16BrNO/c21-18-8-4-7-17(13-18)19(15-5-2-1-3-6-15)14-20(23)16-9-11-22-12-10-16/h1-13,19H,14H2. The lowest BCUT2D eigenvalue weighted by Crippen LogP contribution is -2.09. The molecule has 1 unspecified atom stereocenters. The van der Waals surface area contributed by atoms with Gasteiger partial charge in [0.05, 0.1) is 0 Å². The van der Waals surface area contributed by atoms with Crippen LogP contribution in [-0.4, -0.2) is 10.8 Å². The van der Waals surface area contributed by atoms with Gasteiger partial charge in [-0.15, -0.1) is 0 Å². The lowest BCUT2D eigenvalue weighted by atomic mass is 9.86. The van der Waals surface area contributed by atoms with Crippen molar-refractivity contribution in [1.29, 1.82) is 0 Å². The van der Waals surface area contributed by atoms with Crippen LogP contribution < -0.4 is 0 Å². The summed E-state index contributed by atoms with van der Waals surface area (Å²) in [6.45, 7) is 0. The van der Waals surface area contributed by atoms with Crippen molar-refractivity contribution >= 4 is 21.7 Å². The maximum absolute atomic E-state index is 12.6. The van der Waals surface area contributed by atoms with Gasteiger partial charge in [-0.2, -0.15) is 0 Å². The summed E-state index contributed by atoms with van der Waals surface area (Å²) in [5.41, 5.74) is 2.98. The fraction of sp³-hybridized carbons (Fsp3) is 0.100. The summed E-state index contributed by atoms with van der Waals surface area (Å²) < 4.78 is 1.02. The Morgan fingerprint density at radius 2 is 1.61 bits per heavy atom. The van der Waals surface area contributed by atoms with Crippen molar-refractivity contribution in [3.8, 4) is 0 Å². The first kappa shape index (κ1) is 15.6. The van der Waals surface area contributed by atoms with Crippen LogP contribution in [0.25, 0.3) is 0 Å². The van der Waals surface area contributed by atoms with Crippen molar-refractivity contribution in [2.45, 2.75) is 12.3 Å². The van der Waals surface area contributed by atoms with Crippen LogP contribution in [0.2, 0.25) is 0 Å². The van der Waals surface area contributed by atoms with Crippen LogP contribution in [-0.2, 0) is 0 Å². The zero-order chi connectivity index (χ0) is 16.1. The number of carbonyl (C=O) groups excluding carboxylic acids is 1. The van der Waals surface area contributed by atoms with Crippen LogP contribution >= 0.6 is 15.9 Å². The van der Waals surface area contributed by atoms with E-state index >= 15 is 0 Å². The average molecular weight is 366 g/mol. The molecular weight excluding hydrogens is 350 g/mol. The fourth-order valence-corrected chi connectivity index (χ4v) is 3.09. The van der Waals surface area contributed by atoms with E-state index in [4.69, 9.17) is 0 Å². The van der Waals surface area contributed by atoms with E-state index in [0.29, 0.717) is 12.0 Å². The third kappa shape index (κ3) is 3.93. The molecule has 0 bridgehead atoms. The predicted octanol–water partition coefficient (Wildman–Crippen LogP) is 5.25. The summed E-state index contributed by atoms with van der Waals surface area (Å²) >= 11 is 3.52. The highest BCUT2D eigenvalue weighted by Crippen LogP contribution is 2.30. The van der Waals surface area contributed by atoms with Crippen molar-refractivity contribution in [3.05, 3.63) is 100 Å². The van der Waals surface area contributed by atoms with Gasteiger partial charge in [-0.1, -0.05) is 58.4 Å². The second-order valence-electron chi connectivity index (χ2n) is 5.38. The molecule has 0 aliphatic carbocycles. The van der Waals surface area contributed by atoms with Crippen molar-refractivity contribution in [3.63, 3.8) is 0 Å². The molecule has 2 nitrogen and oxygen atoms in total. The molecule has 1 aromatic heterocycles. The molecule has 0 radical (unpaired) electrons. The number of halogens is 1. The van der Waals surface area contributed by atoms with Crippen LogP contribution in [0.4, 0.5) is 0 Å². The fourth-order valence-electron chi connectivity index (χ4n) is 2.68. The average Bonchev–Trinajstić information content (AvgIpc) is 2.61. The Balaban J connectivity index is 1.94. The van der Waals surface area contributed by atoms with Gasteiger partial charge in [0.25, 0.3) is 0 Å². The molecule has 3 aromatic rings. The molecule has 23 heavy (non-hydrogen) atoms. The molecule has 0 fully saturated rings. The maximum Gasteiger partial charge on any atom is 0.163 e. The molecule has 0 saturated carbocycles. The molecule has 0 amide bonds. The molecule has 3 heteroatoms. The third-order valence-corrected chi connectivity index (χ3v) is 4.34. The zero-order valence-electron chi connectivity index (χ0n) is 12.5. The largest absolute Gasteiger partial charge is 0.294 e. The zero-order valence-corrected chi connectivity index (χ0v) is 14.1. The van der Waals surface area contributed by atoms with Gasteiger partial charge in [-0.25, -0.2) is 0 Å². The van der Waals surface area contributed by atoms with E-state index in [1.165, 1.54) is 0 Å². The van der Waals surface area contributed by atoms with Crippen LogP contribution in [0.3, 0.4) is 0 Å². The highest BCUT2D eigenvalue weighted by molar-refractivity contribution is 9.10. The van der Waals surface area contributed by atoms with E-state index in [1.54, 1.807) is 24.5 Å². The summed E-state index contributed by atoms with van der Waals surface area (Å²) in [5, 5.41) is 0. The van der Waals surface area contributed by atoms with Gasteiger partial charge in [0.15, 0.2) is 5.78 Å². The van der Waals surface area contributed by atoms with E-state index in [1.807, 2.05) is 30.3 Å². The van der Waals surface area contributed by atoms with E-state index in [-0.39, 0.29) is 11.7 Å². The van der Waals surface area contributed by atoms with Gasteiger partial charge < -0.3 is 0 Å². The van der Waals surface area contributed by atoms with Gasteiger partial charge in [-0.05, 0) is 35.4 Å². The van der Waals surface area contributed by atoms with Crippen LogP contribution in [0.1, 0.15) is 33.8 Å². The summed E-state index contributed by atoms with van der Waals surface area (Å²) in [6, 6.07) is 21.9. The molecule has 0 spiro atoms. The number of aromatic nitrogens is 1. The molecule has 2 aromatic carbocycles. The van der Waals surface area contributed by atoms with Gasteiger partial charge in [0.1, 0.15) is 0 Å². The molecular formula is C20H16BrNO. The maximum atomic E-state index is 12.6. The summed E-state index contributed by atoms with van der Waals surface area (Å²) in [4.78, 5) is 16.6. The first-order chi connectivity index (χ1) is 11.2. The summed E-state index contributed by atoms with van der Waals surface area (Å²) in [6.07, 6.45) is 3.75. The molecule has 0 N–H and O–H groups in total. The van der Waals surface area contributed by atoms with Crippen LogP contribution in [0.5, 0.6) is 0 Å². The monoisotopic (exact) mass is 365 g/mol. The number of pyridine rings is 1. The highest BCUT2D eigenvalue weighted by atomic mass is 79.9. The number of rotatable bonds is 5. The minimum absolute atomic E-state index is 0.0364. The van der Waals surface area contributed by atoms with Crippen molar-refractivity contribution in [2.75, 3.05) is 0 Å². The first-order valence-corrected chi connectivity index (χ1v) is 8.27. The normalized spacial score (nSPS) is 11.9. The van der Waals surface area contributed by atoms with Crippen LogP contribution in [0.15, 0.2) is 83.6 Å². The number of ketones is 1. The van der Waals surface area contributed by atoms with E-state index in [9.17, 15) is 4.79 Å². The Morgan fingerprint density at radius 1 is 0.913 bits per heavy atom. The van der Waals surface area contributed by atoms with Gasteiger partial charge in [-0.3, -0.25) is 9.78 Å². The van der Waals surface area contributed by atoms with E-state index in [0.717, 1.165) is 15.6 Å². The smallest absolute Gasteiger partial charge is 0.163 e. The number of benzene rings is 2. The molecule has 114 valence electrons. The Hall–Kier alpha value is -2.26. The molecule has 1 atom stereocenters. The SMILES string of the molecule is O=C(CC(c1ccccc1)c1cccc(Br)c1)c1ccncc1. The van der Waals surface area contributed by atoms with Gasteiger partial charge >= 0.3 is 0 Å². The Morgan fingerprint density at radius 3 is 2.30 bits per heavy atom. The Labute approximate surface area is 144 Å². The third-order valence-electron chi connectivity index (χ3n) is 3.84. The Bertz CT molecular complexity index is 787. The second-order valence-corrected chi connectivity index (χ2v) is 6.30. The van der Waals surface area contributed by atoms with Crippen molar-refractivity contribution < 1.29 is 4.79 Å². The molecule has 0 saturated heterocycles. The van der Waals surface area contributed by atoms with E-state index < -0.39 is 0 Å². The quantitative estimate of drug-likeness (QED) is 0.578. The lowest BCUT2D eigenvalue weighted by molar-refractivity contribution is 0.0977. The van der Waals surface area contributed by atoms with Gasteiger partial charge in [0, 0.05) is 34.8 Å². The number of nitrogens with zero attached hydrogens (tertiary/aromatic N) is 1. The highest BCUT2D eigenvalue weighted by Gasteiger charge is 2.19. The number of carbonyl (C=O) groups is 1. The minimum Gasteiger partial charge on any atom is -0.294 e. The number of hydrogen-bond donors (Lipinski definition) is 0. The summed E-state index contributed by atoms with van der Waals surface area (Å²) in [7, 11) is 0. The number of Topliss-reactive ketones (excluding diaryl/α,β-unsaturated/α-hetero) is 1. The topological polar surface area (TPSA) is 30.0 Å².